The third-order valence-corrected chi connectivity index (χ3v) is 3.62. The topological polar surface area (TPSA) is 84.4 Å². The van der Waals surface area contributed by atoms with Crippen LogP contribution in [0.15, 0.2) is 36.7 Å². The van der Waals surface area contributed by atoms with Crippen molar-refractivity contribution in [2.24, 2.45) is 0 Å². The summed E-state index contributed by atoms with van der Waals surface area (Å²) in [5.41, 5.74) is 2.15. The second-order valence-electron chi connectivity index (χ2n) is 5.91. The molecule has 0 fully saturated rings. The van der Waals surface area contributed by atoms with Gasteiger partial charge in [0.05, 0.1) is 17.6 Å². The quantitative estimate of drug-likeness (QED) is 0.626. The standard InChI is InChI=1S/C16H22N4O3/c1-12(2)19(14-6-4-13(3)5-7-14)11-16(21)10-18-9-15(8-17-18)20(22)23/h4-9,12,16,21H,10-11H2,1-3H3. The molecule has 7 nitrogen and oxygen atoms in total. The number of nitrogens with zero attached hydrogens (tertiary/aromatic N) is 4. The minimum atomic E-state index is -0.682. The minimum absolute atomic E-state index is 0.0727. The molecule has 0 aliphatic rings. The maximum absolute atomic E-state index is 10.7. The van der Waals surface area contributed by atoms with Crippen molar-refractivity contribution in [2.45, 2.75) is 39.5 Å². The minimum Gasteiger partial charge on any atom is -0.389 e. The largest absolute Gasteiger partial charge is 0.389 e. The summed E-state index contributed by atoms with van der Waals surface area (Å²) >= 11 is 0. The lowest BCUT2D eigenvalue weighted by molar-refractivity contribution is -0.385. The highest BCUT2D eigenvalue weighted by Gasteiger charge is 2.17. The van der Waals surface area contributed by atoms with Crippen LogP contribution in [-0.4, -0.2) is 38.5 Å². The van der Waals surface area contributed by atoms with Gasteiger partial charge in [-0.2, -0.15) is 5.10 Å². The predicted molar refractivity (Wildman–Crippen MR) is 88.5 cm³/mol. The van der Waals surface area contributed by atoms with E-state index in [9.17, 15) is 15.2 Å². The molecule has 1 aromatic carbocycles. The molecular formula is C16H22N4O3. The number of nitro groups is 1. The van der Waals surface area contributed by atoms with E-state index in [1.165, 1.54) is 22.6 Å². The van der Waals surface area contributed by atoms with Gasteiger partial charge in [-0.05, 0) is 32.9 Å². The lowest BCUT2D eigenvalue weighted by Crippen LogP contribution is -2.39. The number of aryl methyl sites for hydroxylation is 1. The lowest BCUT2D eigenvalue weighted by atomic mass is 10.1. The van der Waals surface area contributed by atoms with Crippen LogP contribution in [0.25, 0.3) is 0 Å². The molecule has 23 heavy (non-hydrogen) atoms. The summed E-state index contributed by atoms with van der Waals surface area (Å²) in [4.78, 5) is 12.3. The summed E-state index contributed by atoms with van der Waals surface area (Å²) in [6.07, 6.45) is 1.83. The average Bonchev–Trinajstić information content (AvgIpc) is 2.94. The van der Waals surface area contributed by atoms with Crippen LogP contribution in [0.2, 0.25) is 0 Å². The van der Waals surface area contributed by atoms with Crippen LogP contribution in [0.5, 0.6) is 0 Å². The lowest BCUT2D eigenvalue weighted by Gasteiger charge is -2.31. The van der Waals surface area contributed by atoms with Gasteiger partial charge in [-0.1, -0.05) is 17.7 Å². The molecule has 1 N–H and O–H groups in total. The second-order valence-corrected chi connectivity index (χ2v) is 5.91. The van der Waals surface area contributed by atoms with E-state index in [1.54, 1.807) is 0 Å². The zero-order chi connectivity index (χ0) is 17.0. The van der Waals surface area contributed by atoms with E-state index >= 15 is 0 Å². The number of aromatic nitrogens is 2. The van der Waals surface area contributed by atoms with Gasteiger partial charge in [0.1, 0.15) is 12.4 Å². The number of anilines is 1. The molecule has 0 bridgehead atoms. The first-order valence-corrected chi connectivity index (χ1v) is 7.55. The predicted octanol–water partition coefficient (Wildman–Crippen LogP) is 2.38. The molecular weight excluding hydrogens is 296 g/mol. The van der Waals surface area contributed by atoms with Gasteiger partial charge in [0.25, 0.3) is 0 Å². The first kappa shape index (κ1) is 17.0. The highest BCUT2D eigenvalue weighted by atomic mass is 16.6. The Labute approximate surface area is 135 Å². The summed E-state index contributed by atoms with van der Waals surface area (Å²) in [6.45, 7) is 6.79. The van der Waals surface area contributed by atoms with E-state index in [0.29, 0.717) is 6.54 Å². The van der Waals surface area contributed by atoms with Crippen molar-refractivity contribution in [1.29, 1.82) is 0 Å². The number of aliphatic hydroxyl groups excluding tert-OH is 1. The van der Waals surface area contributed by atoms with Crippen molar-refractivity contribution in [3.63, 3.8) is 0 Å². The van der Waals surface area contributed by atoms with Crippen LogP contribution in [-0.2, 0) is 6.54 Å². The molecule has 2 rings (SSSR count). The fourth-order valence-electron chi connectivity index (χ4n) is 2.40. The van der Waals surface area contributed by atoms with E-state index in [-0.39, 0.29) is 18.3 Å². The number of aliphatic hydroxyl groups is 1. The molecule has 2 aromatic rings. The van der Waals surface area contributed by atoms with Gasteiger partial charge in [-0.3, -0.25) is 14.8 Å². The molecule has 0 saturated heterocycles. The van der Waals surface area contributed by atoms with E-state index in [0.717, 1.165) is 5.69 Å². The summed E-state index contributed by atoms with van der Waals surface area (Å²) in [6, 6.07) is 8.35. The zero-order valence-electron chi connectivity index (χ0n) is 13.6. The van der Waals surface area contributed by atoms with Crippen LogP contribution >= 0.6 is 0 Å². The Morgan fingerprint density at radius 2 is 2.00 bits per heavy atom. The third-order valence-electron chi connectivity index (χ3n) is 3.62. The van der Waals surface area contributed by atoms with Crippen LogP contribution in [0.1, 0.15) is 19.4 Å². The maximum atomic E-state index is 10.7. The molecule has 1 heterocycles. The fraction of sp³-hybridized carbons (Fsp3) is 0.438. The van der Waals surface area contributed by atoms with Gasteiger partial charge < -0.3 is 10.0 Å². The summed E-state index contributed by atoms with van der Waals surface area (Å²) in [5, 5.41) is 24.9. The van der Waals surface area contributed by atoms with Gasteiger partial charge in [-0.25, -0.2) is 0 Å². The molecule has 0 aliphatic carbocycles. The first-order chi connectivity index (χ1) is 10.9. The van der Waals surface area contributed by atoms with E-state index in [4.69, 9.17) is 0 Å². The van der Waals surface area contributed by atoms with Crippen molar-refractivity contribution in [3.8, 4) is 0 Å². The van der Waals surface area contributed by atoms with Crippen LogP contribution < -0.4 is 4.90 Å². The first-order valence-electron chi connectivity index (χ1n) is 7.55. The monoisotopic (exact) mass is 318 g/mol. The average molecular weight is 318 g/mol. The smallest absolute Gasteiger partial charge is 0.306 e. The van der Waals surface area contributed by atoms with Crippen molar-refractivity contribution in [1.82, 2.24) is 9.78 Å². The molecule has 1 unspecified atom stereocenters. The van der Waals surface area contributed by atoms with Crippen molar-refractivity contribution in [2.75, 3.05) is 11.4 Å². The van der Waals surface area contributed by atoms with Gasteiger partial charge >= 0.3 is 5.69 Å². The Hall–Kier alpha value is -2.41. The molecule has 0 spiro atoms. The Bertz CT molecular complexity index is 652. The molecule has 0 radical (unpaired) electrons. The molecule has 1 aromatic heterocycles. The van der Waals surface area contributed by atoms with E-state index < -0.39 is 11.0 Å². The Morgan fingerprint density at radius 3 is 2.52 bits per heavy atom. The molecule has 1 atom stereocenters. The third kappa shape index (κ3) is 4.53. The summed E-state index contributed by atoms with van der Waals surface area (Å²) in [7, 11) is 0. The normalized spacial score (nSPS) is 12.4. The van der Waals surface area contributed by atoms with Crippen LogP contribution in [0, 0.1) is 17.0 Å². The van der Waals surface area contributed by atoms with Gasteiger partial charge in [0.2, 0.25) is 0 Å². The number of rotatable bonds is 7. The molecule has 7 heteroatoms. The summed E-state index contributed by atoms with van der Waals surface area (Å²) in [5.74, 6) is 0. The Morgan fingerprint density at radius 1 is 1.35 bits per heavy atom. The fourth-order valence-corrected chi connectivity index (χ4v) is 2.40. The second kappa shape index (κ2) is 7.23. The SMILES string of the molecule is Cc1ccc(N(CC(O)Cn2cc([N+](=O)[O-])cn2)C(C)C)cc1. The van der Waals surface area contributed by atoms with Gasteiger partial charge in [0.15, 0.2) is 0 Å². The Balaban J connectivity index is 2.04. The molecule has 0 amide bonds. The van der Waals surface area contributed by atoms with E-state index in [2.05, 4.69) is 23.8 Å². The van der Waals surface area contributed by atoms with Crippen LogP contribution in [0.3, 0.4) is 0 Å². The highest BCUT2D eigenvalue weighted by Crippen LogP contribution is 2.18. The van der Waals surface area contributed by atoms with Gasteiger partial charge in [0, 0.05) is 18.3 Å². The number of hydrogen-bond donors (Lipinski definition) is 1. The summed E-state index contributed by atoms with van der Waals surface area (Å²) < 4.78 is 1.40. The van der Waals surface area contributed by atoms with Gasteiger partial charge in [-0.15, -0.1) is 0 Å². The van der Waals surface area contributed by atoms with Crippen LogP contribution in [0.4, 0.5) is 11.4 Å². The Kier molecular flexibility index (Phi) is 5.33. The number of benzene rings is 1. The highest BCUT2D eigenvalue weighted by molar-refractivity contribution is 5.48. The maximum Gasteiger partial charge on any atom is 0.306 e. The van der Waals surface area contributed by atoms with Crippen molar-refractivity contribution in [3.05, 3.63) is 52.3 Å². The zero-order valence-corrected chi connectivity index (χ0v) is 13.6. The molecule has 124 valence electrons. The van der Waals surface area contributed by atoms with Crippen molar-refractivity contribution >= 4 is 11.4 Å². The number of hydrogen-bond acceptors (Lipinski definition) is 5. The van der Waals surface area contributed by atoms with E-state index in [1.807, 2.05) is 31.2 Å². The van der Waals surface area contributed by atoms with Crippen molar-refractivity contribution < 1.29 is 10.0 Å². The molecule has 0 aliphatic heterocycles. The molecule has 0 saturated carbocycles.